The Labute approximate surface area is 131 Å². The van der Waals surface area contributed by atoms with Gasteiger partial charge in [0.15, 0.2) is 0 Å². The number of anilines is 1. The predicted molar refractivity (Wildman–Crippen MR) is 88.8 cm³/mol. The molecule has 2 aliphatic carbocycles. The highest BCUT2D eigenvalue weighted by molar-refractivity contribution is 8.00. The van der Waals surface area contributed by atoms with Gasteiger partial charge in [0.05, 0.1) is 5.56 Å². The summed E-state index contributed by atoms with van der Waals surface area (Å²) in [5.41, 5.74) is 3.18. The van der Waals surface area contributed by atoms with E-state index in [2.05, 4.69) is 17.6 Å². The van der Waals surface area contributed by atoms with Crippen LogP contribution in [0.4, 0.5) is 5.82 Å². The Balaban J connectivity index is 1.77. The van der Waals surface area contributed by atoms with Crippen LogP contribution in [0.2, 0.25) is 0 Å². The zero-order chi connectivity index (χ0) is 14.7. The highest BCUT2D eigenvalue weighted by atomic mass is 32.2. The summed E-state index contributed by atoms with van der Waals surface area (Å²) in [6.07, 6.45) is 12.1. The SMILES string of the molecule is CSC1(CNc2nc3c(cc2C#N)CCC3)CCCCC1. The van der Waals surface area contributed by atoms with Crippen LogP contribution in [0.15, 0.2) is 6.07 Å². The van der Waals surface area contributed by atoms with Gasteiger partial charge in [-0.1, -0.05) is 19.3 Å². The lowest BCUT2D eigenvalue weighted by Crippen LogP contribution is -2.36. The van der Waals surface area contributed by atoms with Gasteiger partial charge in [-0.05, 0) is 50.0 Å². The summed E-state index contributed by atoms with van der Waals surface area (Å²) in [7, 11) is 0. The van der Waals surface area contributed by atoms with Crippen molar-refractivity contribution in [3.63, 3.8) is 0 Å². The molecule has 1 heterocycles. The minimum atomic E-state index is 0.325. The monoisotopic (exact) mass is 301 g/mol. The molecular formula is C17H23N3S. The molecule has 3 nitrogen and oxygen atoms in total. The second kappa shape index (κ2) is 6.27. The number of aryl methyl sites for hydroxylation is 2. The van der Waals surface area contributed by atoms with Gasteiger partial charge in [-0.2, -0.15) is 17.0 Å². The fourth-order valence-corrected chi connectivity index (χ4v) is 4.50. The van der Waals surface area contributed by atoms with Gasteiger partial charge < -0.3 is 5.32 Å². The van der Waals surface area contributed by atoms with Crippen LogP contribution in [-0.2, 0) is 12.8 Å². The maximum atomic E-state index is 9.37. The van der Waals surface area contributed by atoms with E-state index in [-0.39, 0.29) is 0 Å². The van der Waals surface area contributed by atoms with Gasteiger partial charge in [0.25, 0.3) is 0 Å². The van der Waals surface area contributed by atoms with Gasteiger partial charge in [-0.25, -0.2) is 4.98 Å². The minimum Gasteiger partial charge on any atom is -0.368 e. The highest BCUT2D eigenvalue weighted by Gasteiger charge is 2.31. The average Bonchev–Trinajstić information content (AvgIpc) is 3.00. The Bertz CT molecular complexity index is 556. The van der Waals surface area contributed by atoms with E-state index in [0.717, 1.165) is 25.2 Å². The van der Waals surface area contributed by atoms with Crippen molar-refractivity contribution in [1.29, 1.82) is 5.26 Å². The number of hydrogen-bond acceptors (Lipinski definition) is 4. The van der Waals surface area contributed by atoms with Crippen molar-refractivity contribution in [1.82, 2.24) is 4.98 Å². The second-order valence-electron chi connectivity index (χ2n) is 6.26. The lowest BCUT2D eigenvalue weighted by Gasteiger charge is -2.36. The molecule has 3 rings (SSSR count). The first-order valence-electron chi connectivity index (χ1n) is 7.98. The van der Waals surface area contributed by atoms with E-state index in [9.17, 15) is 5.26 Å². The summed E-state index contributed by atoms with van der Waals surface area (Å²) in [5, 5.41) is 12.9. The fourth-order valence-electron chi connectivity index (χ4n) is 3.59. The number of pyridine rings is 1. The van der Waals surface area contributed by atoms with Crippen LogP contribution in [-0.4, -0.2) is 22.5 Å². The maximum Gasteiger partial charge on any atom is 0.144 e. The van der Waals surface area contributed by atoms with Crippen molar-refractivity contribution in [3.05, 3.63) is 22.9 Å². The zero-order valence-electron chi connectivity index (χ0n) is 12.7. The molecule has 1 aromatic rings. The molecule has 0 atom stereocenters. The quantitative estimate of drug-likeness (QED) is 0.915. The molecule has 0 bridgehead atoms. The van der Waals surface area contributed by atoms with Crippen LogP contribution in [0.5, 0.6) is 0 Å². The van der Waals surface area contributed by atoms with Crippen LogP contribution >= 0.6 is 11.8 Å². The molecule has 0 aliphatic heterocycles. The minimum absolute atomic E-state index is 0.325. The maximum absolute atomic E-state index is 9.37. The third kappa shape index (κ3) is 3.03. The number of hydrogen-bond donors (Lipinski definition) is 1. The molecule has 0 spiro atoms. The topological polar surface area (TPSA) is 48.7 Å². The number of fused-ring (bicyclic) bond motifs is 1. The molecule has 1 saturated carbocycles. The summed E-state index contributed by atoms with van der Waals surface area (Å²) in [5.74, 6) is 0.803. The summed E-state index contributed by atoms with van der Waals surface area (Å²) in [4.78, 5) is 4.73. The van der Waals surface area contributed by atoms with Crippen LogP contribution in [0.3, 0.4) is 0 Å². The van der Waals surface area contributed by atoms with E-state index in [1.165, 1.54) is 49.8 Å². The number of aromatic nitrogens is 1. The lowest BCUT2D eigenvalue weighted by molar-refractivity contribution is 0.411. The van der Waals surface area contributed by atoms with Crippen LogP contribution in [0, 0.1) is 11.3 Å². The van der Waals surface area contributed by atoms with Crippen LogP contribution in [0.1, 0.15) is 55.3 Å². The molecule has 1 fully saturated rings. The van der Waals surface area contributed by atoms with Crippen LogP contribution < -0.4 is 5.32 Å². The van der Waals surface area contributed by atoms with E-state index in [1.54, 1.807) is 0 Å². The summed E-state index contributed by atoms with van der Waals surface area (Å²) in [6, 6.07) is 4.36. The van der Waals surface area contributed by atoms with Crippen LogP contribution in [0.25, 0.3) is 0 Å². The molecule has 1 aromatic heterocycles. The molecular weight excluding hydrogens is 278 g/mol. The van der Waals surface area contributed by atoms with Crippen molar-refractivity contribution in [2.24, 2.45) is 0 Å². The third-order valence-corrected chi connectivity index (χ3v) is 6.37. The van der Waals surface area contributed by atoms with E-state index >= 15 is 0 Å². The first-order valence-corrected chi connectivity index (χ1v) is 9.21. The number of rotatable bonds is 4. The number of nitriles is 1. The predicted octanol–water partition coefficient (Wildman–Crippen LogP) is 3.92. The Morgan fingerprint density at radius 3 is 2.81 bits per heavy atom. The Morgan fingerprint density at radius 2 is 2.10 bits per heavy atom. The van der Waals surface area contributed by atoms with Crippen molar-refractivity contribution >= 4 is 17.6 Å². The lowest BCUT2D eigenvalue weighted by atomic mass is 9.88. The zero-order valence-corrected chi connectivity index (χ0v) is 13.6. The first-order chi connectivity index (χ1) is 10.3. The van der Waals surface area contributed by atoms with Gasteiger partial charge in [-0.3, -0.25) is 0 Å². The summed E-state index contributed by atoms with van der Waals surface area (Å²) < 4.78 is 0.325. The van der Waals surface area contributed by atoms with Gasteiger partial charge >= 0.3 is 0 Å². The largest absolute Gasteiger partial charge is 0.368 e. The molecule has 0 radical (unpaired) electrons. The number of thioether (sulfide) groups is 1. The molecule has 0 aromatic carbocycles. The number of nitrogens with one attached hydrogen (secondary N) is 1. The number of nitrogens with zero attached hydrogens (tertiary/aromatic N) is 2. The molecule has 21 heavy (non-hydrogen) atoms. The standard InChI is InChI=1S/C17H23N3S/c1-21-17(8-3-2-4-9-17)12-19-16-14(11-18)10-13-6-5-7-15(13)20-16/h10H,2-9,12H2,1H3,(H,19,20). The highest BCUT2D eigenvalue weighted by Crippen LogP contribution is 2.38. The van der Waals surface area contributed by atoms with Crippen molar-refractivity contribution in [3.8, 4) is 6.07 Å². The summed E-state index contributed by atoms with van der Waals surface area (Å²) >= 11 is 1.98. The normalized spacial score (nSPS) is 19.8. The van der Waals surface area contributed by atoms with Crippen molar-refractivity contribution < 1.29 is 0 Å². The van der Waals surface area contributed by atoms with Gasteiger partial charge in [0, 0.05) is 17.0 Å². The molecule has 1 N–H and O–H groups in total. The Morgan fingerprint density at radius 1 is 1.29 bits per heavy atom. The molecule has 0 saturated heterocycles. The molecule has 2 aliphatic rings. The van der Waals surface area contributed by atoms with E-state index in [0.29, 0.717) is 10.3 Å². The molecule has 0 amide bonds. The first kappa shape index (κ1) is 14.7. The molecule has 4 heteroatoms. The molecule has 112 valence electrons. The third-order valence-electron chi connectivity index (χ3n) is 4.95. The Hall–Kier alpha value is -1.21. The molecule has 0 unspecified atom stereocenters. The summed E-state index contributed by atoms with van der Waals surface area (Å²) in [6.45, 7) is 0.925. The van der Waals surface area contributed by atoms with E-state index in [1.807, 2.05) is 17.8 Å². The average molecular weight is 301 g/mol. The van der Waals surface area contributed by atoms with Gasteiger partial charge in [0.1, 0.15) is 11.9 Å². The van der Waals surface area contributed by atoms with Gasteiger partial charge in [-0.15, -0.1) is 0 Å². The van der Waals surface area contributed by atoms with Crippen molar-refractivity contribution in [2.75, 3.05) is 18.1 Å². The van der Waals surface area contributed by atoms with E-state index in [4.69, 9.17) is 4.98 Å². The van der Waals surface area contributed by atoms with E-state index < -0.39 is 0 Å². The van der Waals surface area contributed by atoms with Gasteiger partial charge in [0.2, 0.25) is 0 Å². The van der Waals surface area contributed by atoms with Crippen molar-refractivity contribution in [2.45, 2.75) is 56.1 Å². The fraction of sp³-hybridized carbons (Fsp3) is 0.647. The smallest absolute Gasteiger partial charge is 0.144 e. The second-order valence-corrected chi connectivity index (χ2v) is 7.53. The Kier molecular flexibility index (Phi) is 4.40.